The molecule has 3 amide bonds. The lowest BCUT2D eigenvalue weighted by Crippen LogP contribution is -2.55. The molecule has 0 bridgehead atoms. The molecule has 1 aliphatic rings. The summed E-state index contributed by atoms with van der Waals surface area (Å²) >= 11 is 0. The molecular weight excluding hydrogens is 625 g/mol. The van der Waals surface area contributed by atoms with Crippen molar-refractivity contribution in [3.63, 3.8) is 0 Å². The quantitative estimate of drug-likeness (QED) is 0.212. The molecule has 4 aromatic rings. The van der Waals surface area contributed by atoms with Gasteiger partial charge < -0.3 is 20.6 Å². The fourth-order valence-corrected chi connectivity index (χ4v) is 5.73. The van der Waals surface area contributed by atoms with Crippen molar-refractivity contribution >= 4 is 29.2 Å². The van der Waals surface area contributed by atoms with Crippen molar-refractivity contribution in [2.24, 2.45) is 0 Å². The fraction of sp³-hybridized carbons (Fsp3) is 0.257. The number of rotatable bonds is 10. The predicted octanol–water partition coefficient (Wildman–Crippen LogP) is 4.74. The van der Waals surface area contributed by atoms with Crippen LogP contribution in [0.2, 0.25) is 0 Å². The van der Waals surface area contributed by atoms with Gasteiger partial charge in [0.1, 0.15) is 11.9 Å². The maximum atomic E-state index is 14.4. The summed E-state index contributed by atoms with van der Waals surface area (Å²) in [5.74, 6) is -2.37. The number of fused-ring (bicyclic) bond motifs is 1. The maximum Gasteiger partial charge on any atom is 0.416 e. The molecule has 2 heterocycles. The van der Waals surface area contributed by atoms with E-state index in [2.05, 4.69) is 15.7 Å². The van der Waals surface area contributed by atoms with Gasteiger partial charge >= 0.3 is 6.18 Å². The van der Waals surface area contributed by atoms with E-state index in [0.717, 1.165) is 18.2 Å². The maximum absolute atomic E-state index is 14.4. The van der Waals surface area contributed by atoms with E-state index >= 15 is 0 Å². The number of carbonyl (C=O) groups is 3. The van der Waals surface area contributed by atoms with Crippen LogP contribution in [-0.2, 0) is 22.4 Å². The van der Waals surface area contributed by atoms with Crippen molar-refractivity contribution in [3.8, 4) is 5.69 Å². The molecule has 3 aromatic carbocycles. The van der Waals surface area contributed by atoms with Gasteiger partial charge in [0.25, 0.3) is 11.8 Å². The van der Waals surface area contributed by atoms with Crippen LogP contribution in [0, 0.1) is 0 Å². The van der Waals surface area contributed by atoms with E-state index in [0.29, 0.717) is 34.9 Å². The largest absolute Gasteiger partial charge is 0.416 e. The number of nitrogens with zero attached hydrogens (tertiary/aromatic N) is 4. The second-order valence-corrected chi connectivity index (χ2v) is 11.5. The molecule has 250 valence electrons. The lowest BCUT2D eigenvalue weighted by atomic mass is 9.80. The van der Waals surface area contributed by atoms with Crippen LogP contribution >= 0.6 is 0 Å². The van der Waals surface area contributed by atoms with Crippen molar-refractivity contribution in [1.29, 1.82) is 0 Å². The van der Waals surface area contributed by atoms with E-state index in [1.54, 1.807) is 66.2 Å². The number of amides is 3. The highest BCUT2D eigenvalue weighted by Gasteiger charge is 2.46. The normalized spacial score (nSPS) is 16.3. The Labute approximate surface area is 275 Å². The molecule has 13 heteroatoms. The number of likely N-dealkylation sites (N-methyl/N-ethyl adjacent to an activating group) is 2. The Morgan fingerprint density at radius 1 is 1.02 bits per heavy atom. The van der Waals surface area contributed by atoms with Gasteiger partial charge in [-0.05, 0) is 69.0 Å². The molecule has 0 fully saturated rings. The predicted molar refractivity (Wildman–Crippen MR) is 175 cm³/mol. The van der Waals surface area contributed by atoms with Crippen LogP contribution in [0.1, 0.15) is 45.6 Å². The Morgan fingerprint density at radius 2 is 1.75 bits per heavy atom. The molecule has 3 N–H and O–H groups in total. The zero-order valence-corrected chi connectivity index (χ0v) is 26.5. The number of benzene rings is 3. The SMILES string of the molecule is CCN1C(=O)[C@H](NC(=O)c2cccc(C(F)(F)F)c2)[C@@H](c2cccc(NC(=O)/C=C/CN(C)C)c2)c2c(CO)nn(-c3ccccc3)c21. The summed E-state index contributed by atoms with van der Waals surface area (Å²) in [6.45, 7) is 1.95. The fourth-order valence-electron chi connectivity index (χ4n) is 5.73. The zero-order valence-electron chi connectivity index (χ0n) is 26.5. The number of hydrogen-bond donors (Lipinski definition) is 3. The van der Waals surface area contributed by atoms with Crippen LogP contribution in [0.5, 0.6) is 0 Å². The van der Waals surface area contributed by atoms with Gasteiger partial charge in [0.15, 0.2) is 0 Å². The standard InChI is InChI=1S/C35H35F3N6O4/c1-4-43-33-30(27(21-45)41-44(33)26-15-6-5-7-16-26)29(22-11-9-14-25(20-22)39-28(46)17-10-18-42(2)3)31(34(43)48)40-32(47)23-12-8-13-24(19-23)35(36,37)38/h5-17,19-20,29,31,45H,4,18,21H2,1-3H3,(H,39,46)(H,40,47)/b17-10+/t29-,31+/m0/s1. The lowest BCUT2D eigenvalue weighted by Gasteiger charge is -2.38. The van der Waals surface area contributed by atoms with Crippen molar-refractivity contribution in [1.82, 2.24) is 20.0 Å². The number of carbonyl (C=O) groups excluding carboxylic acids is 3. The van der Waals surface area contributed by atoms with Crippen molar-refractivity contribution < 1.29 is 32.7 Å². The molecule has 0 saturated carbocycles. The van der Waals surface area contributed by atoms with Crippen LogP contribution in [0.15, 0.2) is 91.0 Å². The van der Waals surface area contributed by atoms with Gasteiger partial charge in [-0.25, -0.2) is 4.68 Å². The monoisotopic (exact) mass is 660 g/mol. The molecule has 0 saturated heterocycles. The summed E-state index contributed by atoms with van der Waals surface area (Å²) in [5.41, 5.74) is 0.924. The van der Waals surface area contributed by atoms with E-state index in [-0.39, 0.29) is 23.7 Å². The van der Waals surface area contributed by atoms with Gasteiger partial charge in [-0.1, -0.05) is 42.5 Å². The first-order chi connectivity index (χ1) is 22.9. The van der Waals surface area contributed by atoms with Crippen molar-refractivity contribution in [3.05, 3.63) is 119 Å². The zero-order chi connectivity index (χ0) is 34.6. The van der Waals surface area contributed by atoms with Gasteiger partial charge in [0.2, 0.25) is 5.91 Å². The molecule has 5 rings (SSSR count). The number of anilines is 2. The summed E-state index contributed by atoms with van der Waals surface area (Å²) < 4.78 is 42.0. The van der Waals surface area contributed by atoms with Crippen LogP contribution in [-0.4, -0.2) is 70.7 Å². The lowest BCUT2D eigenvalue weighted by molar-refractivity contribution is -0.137. The molecule has 1 aromatic heterocycles. The summed E-state index contributed by atoms with van der Waals surface area (Å²) in [6.07, 6.45) is -1.57. The van der Waals surface area contributed by atoms with Gasteiger partial charge in [0.05, 0.1) is 23.6 Å². The number of aromatic nitrogens is 2. The third kappa shape index (κ3) is 7.16. The second-order valence-electron chi connectivity index (χ2n) is 11.5. The number of aliphatic hydroxyl groups is 1. The number of alkyl halides is 3. The Morgan fingerprint density at radius 3 is 2.42 bits per heavy atom. The third-order valence-corrected chi connectivity index (χ3v) is 7.86. The minimum absolute atomic E-state index is 0.160. The van der Waals surface area contributed by atoms with Gasteiger partial charge in [-0.15, -0.1) is 0 Å². The van der Waals surface area contributed by atoms with Crippen molar-refractivity contribution in [2.45, 2.75) is 31.7 Å². The third-order valence-electron chi connectivity index (χ3n) is 7.86. The van der Waals surface area contributed by atoms with E-state index < -0.39 is 42.1 Å². The molecule has 0 spiro atoms. The van der Waals surface area contributed by atoms with E-state index in [4.69, 9.17) is 0 Å². The first-order valence-electron chi connectivity index (χ1n) is 15.2. The van der Waals surface area contributed by atoms with E-state index in [1.165, 1.54) is 17.0 Å². The minimum atomic E-state index is -4.68. The Bertz CT molecular complexity index is 1840. The van der Waals surface area contributed by atoms with Gasteiger partial charge in [-0.2, -0.15) is 18.3 Å². The molecule has 0 radical (unpaired) electrons. The van der Waals surface area contributed by atoms with Crippen LogP contribution < -0.4 is 15.5 Å². The number of para-hydroxylation sites is 1. The first-order valence-corrected chi connectivity index (χ1v) is 15.2. The highest BCUT2D eigenvalue weighted by Crippen LogP contribution is 2.44. The summed E-state index contributed by atoms with van der Waals surface area (Å²) in [4.78, 5) is 43.9. The highest BCUT2D eigenvalue weighted by molar-refractivity contribution is 6.05. The summed E-state index contributed by atoms with van der Waals surface area (Å²) in [7, 11) is 3.74. The summed E-state index contributed by atoms with van der Waals surface area (Å²) in [6, 6.07) is 18.4. The Kier molecular flexibility index (Phi) is 10.1. The topological polar surface area (TPSA) is 120 Å². The van der Waals surface area contributed by atoms with Crippen LogP contribution in [0.25, 0.3) is 5.69 Å². The number of nitrogens with one attached hydrogen (secondary N) is 2. The second kappa shape index (κ2) is 14.2. The number of halogens is 3. The Balaban J connectivity index is 1.64. The Hall–Kier alpha value is -5.27. The van der Waals surface area contributed by atoms with Gasteiger partial charge in [-0.3, -0.25) is 19.3 Å². The summed E-state index contributed by atoms with van der Waals surface area (Å²) in [5, 5.41) is 20.7. The molecule has 2 atom stereocenters. The van der Waals surface area contributed by atoms with E-state index in [9.17, 15) is 32.7 Å². The highest BCUT2D eigenvalue weighted by atomic mass is 19.4. The smallest absolute Gasteiger partial charge is 0.390 e. The van der Waals surface area contributed by atoms with E-state index in [1.807, 2.05) is 25.1 Å². The van der Waals surface area contributed by atoms with Crippen LogP contribution in [0.4, 0.5) is 24.7 Å². The first kappa shape index (κ1) is 34.1. The van der Waals surface area contributed by atoms with Gasteiger partial charge in [0, 0.05) is 41.9 Å². The molecule has 0 aliphatic carbocycles. The molecule has 10 nitrogen and oxygen atoms in total. The number of hydrogen-bond acceptors (Lipinski definition) is 6. The molecule has 1 aliphatic heterocycles. The molecular formula is C35H35F3N6O4. The molecule has 48 heavy (non-hydrogen) atoms. The number of aliphatic hydroxyl groups excluding tert-OH is 1. The average molecular weight is 661 g/mol. The average Bonchev–Trinajstić information content (AvgIpc) is 3.44. The van der Waals surface area contributed by atoms with Crippen molar-refractivity contribution in [2.75, 3.05) is 37.4 Å². The molecule has 0 unspecified atom stereocenters. The minimum Gasteiger partial charge on any atom is -0.390 e. The van der Waals surface area contributed by atoms with Crippen LogP contribution in [0.3, 0.4) is 0 Å².